The van der Waals surface area contributed by atoms with Crippen LogP contribution in [0, 0.1) is 18.3 Å². The highest BCUT2D eigenvalue weighted by atomic mass is 32.2. The molecule has 13 heavy (non-hydrogen) atoms. The smallest absolute Gasteiger partial charge is 0.150 e. The van der Waals surface area contributed by atoms with Gasteiger partial charge in [-0.1, -0.05) is 11.8 Å². The Kier molecular flexibility index (Phi) is 4.22. The predicted molar refractivity (Wildman–Crippen MR) is 56.0 cm³/mol. The molecule has 0 saturated heterocycles. The van der Waals surface area contributed by atoms with E-state index in [1.165, 1.54) is 0 Å². The van der Waals surface area contributed by atoms with Gasteiger partial charge in [-0.25, -0.2) is 4.98 Å². The van der Waals surface area contributed by atoms with Crippen molar-refractivity contribution in [1.82, 2.24) is 10.3 Å². The van der Waals surface area contributed by atoms with E-state index in [9.17, 15) is 0 Å². The van der Waals surface area contributed by atoms with Crippen LogP contribution >= 0.6 is 23.1 Å². The maximum atomic E-state index is 8.67. The van der Waals surface area contributed by atoms with Crippen molar-refractivity contribution in [2.24, 2.45) is 0 Å². The Bertz CT molecular complexity index is 303. The van der Waals surface area contributed by atoms with Crippen LogP contribution in [0.1, 0.15) is 5.69 Å². The number of aromatic nitrogens is 1. The molecule has 70 valence electrons. The van der Waals surface area contributed by atoms with Crippen LogP contribution in [0.25, 0.3) is 0 Å². The lowest BCUT2D eigenvalue weighted by molar-refractivity contribution is 0.750. The van der Waals surface area contributed by atoms with Gasteiger partial charge in [0.15, 0.2) is 0 Å². The molecular weight excluding hydrogens is 202 g/mol. The molecule has 1 heterocycles. The fourth-order valence-corrected chi connectivity index (χ4v) is 2.64. The number of nitrogens with zero attached hydrogens (tertiary/aromatic N) is 2. The number of aryl methyl sites for hydroxylation is 1. The third-order valence-electron chi connectivity index (χ3n) is 1.48. The second kappa shape index (κ2) is 5.22. The van der Waals surface area contributed by atoms with Gasteiger partial charge in [0.1, 0.15) is 10.4 Å². The van der Waals surface area contributed by atoms with E-state index in [1.807, 2.05) is 12.3 Å². The minimum Gasteiger partial charge on any atom is -0.304 e. The first-order chi connectivity index (χ1) is 6.26. The monoisotopic (exact) mass is 213 g/mol. The average Bonchev–Trinajstić information content (AvgIpc) is 2.53. The van der Waals surface area contributed by atoms with Crippen molar-refractivity contribution in [2.75, 3.05) is 12.8 Å². The van der Waals surface area contributed by atoms with Crippen LogP contribution in [0.5, 0.6) is 0 Å². The summed E-state index contributed by atoms with van der Waals surface area (Å²) in [4.78, 5) is 4.30. The molecule has 5 heteroatoms. The van der Waals surface area contributed by atoms with Crippen molar-refractivity contribution in [3.8, 4) is 6.07 Å². The van der Waals surface area contributed by atoms with Crippen molar-refractivity contribution >= 4 is 23.1 Å². The molecule has 0 aliphatic heterocycles. The molecule has 0 radical (unpaired) electrons. The zero-order valence-corrected chi connectivity index (χ0v) is 9.21. The minimum absolute atomic E-state index is 0.0887. The van der Waals surface area contributed by atoms with Crippen LogP contribution in [-0.4, -0.2) is 23.8 Å². The number of thiazole rings is 1. The predicted octanol–water partition coefficient (Wildman–Crippen LogP) is 1.66. The van der Waals surface area contributed by atoms with Crippen molar-refractivity contribution in [3.63, 3.8) is 0 Å². The maximum Gasteiger partial charge on any atom is 0.150 e. The second-order valence-electron chi connectivity index (χ2n) is 2.54. The molecule has 3 nitrogen and oxygen atoms in total. The largest absolute Gasteiger partial charge is 0.304 e. The van der Waals surface area contributed by atoms with Gasteiger partial charge in [-0.15, -0.1) is 11.3 Å². The fourth-order valence-electron chi connectivity index (χ4n) is 0.738. The summed E-state index contributed by atoms with van der Waals surface area (Å²) in [5.41, 5.74) is 1.05. The van der Waals surface area contributed by atoms with Gasteiger partial charge in [-0.2, -0.15) is 5.26 Å². The van der Waals surface area contributed by atoms with Crippen LogP contribution in [0.4, 0.5) is 0 Å². The van der Waals surface area contributed by atoms with E-state index in [0.717, 1.165) is 15.8 Å². The number of hydrogen-bond acceptors (Lipinski definition) is 5. The summed E-state index contributed by atoms with van der Waals surface area (Å²) in [5, 5.41) is 13.6. The molecule has 0 aromatic carbocycles. The molecule has 1 atom stereocenters. The number of nitriles is 1. The lowest BCUT2D eigenvalue weighted by Crippen LogP contribution is -2.25. The van der Waals surface area contributed by atoms with Crippen LogP contribution in [0.3, 0.4) is 0 Å². The van der Waals surface area contributed by atoms with Crippen molar-refractivity contribution < 1.29 is 0 Å². The van der Waals surface area contributed by atoms with Crippen molar-refractivity contribution in [3.05, 3.63) is 11.1 Å². The standard InChI is InChI=1S/C8H11N3S2/c1-6-4-12-8(11-6)13-5-7(3-9)10-2/h4,7,10H,5H2,1-2H3. The Balaban J connectivity index is 2.39. The van der Waals surface area contributed by atoms with E-state index in [-0.39, 0.29) is 6.04 Å². The third kappa shape index (κ3) is 3.35. The second-order valence-corrected chi connectivity index (χ2v) is 4.66. The summed E-state index contributed by atoms with van der Waals surface area (Å²) in [6, 6.07) is 2.08. The highest BCUT2D eigenvalue weighted by Crippen LogP contribution is 2.22. The van der Waals surface area contributed by atoms with Gasteiger partial charge in [-0.3, -0.25) is 0 Å². The summed E-state index contributed by atoms with van der Waals surface area (Å²) in [6.45, 7) is 1.97. The summed E-state index contributed by atoms with van der Waals surface area (Å²) >= 11 is 3.25. The van der Waals surface area contributed by atoms with Crippen LogP contribution in [0.2, 0.25) is 0 Å². The molecule has 0 spiro atoms. The van der Waals surface area contributed by atoms with E-state index < -0.39 is 0 Å². The van der Waals surface area contributed by atoms with Gasteiger partial charge in [0, 0.05) is 16.8 Å². The lowest BCUT2D eigenvalue weighted by Gasteiger charge is -2.03. The Morgan fingerprint density at radius 1 is 1.85 bits per heavy atom. The Hall–Kier alpha value is -0.570. The number of hydrogen-bond donors (Lipinski definition) is 1. The number of rotatable bonds is 4. The first-order valence-electron chi connectivity index (χ1n) is 3.88. The van der Waals surface area contributed by atoms with E-state index in [4.69, 9.17) is 5.26 Å². The van der Waals surface area contributed by atoms with Gasteiger partial charge in [0.2, 0.25) is 0 Å². The Labute approximate surface area is 86.2 Å². The lowest BCUT2D eigenvalue weighted by atomic mass is 10.4. The van der Waals surface area contributed by atoms with Crippen LogP contribution in [-0.2, 0) is 0 Å². The topological polar surface area (TPSA) is 48.7 Å². The third-order valence-corrected chi connectivity index (χ3v) is 3.71. The average molecular weight is 213 g/mol. The van der Waals surface area contributed by atoms with Gasteiger partial charge >= 0.3 is 0 Å². The SMILES string of the molecule is CNC(C#N)CSc1nc(C)cs1. The van der Waals surface area contributed by atoms with Gasteiger partial charge < -0.3 is 5.32 Å². The van der Waals surface area contributed by atoms with E-state index >= 15 is 0 Å². The summed E-state index contributed by atoms with van der Waals surface area (Å²) in [6.07, 6.45) is 0. The first kappa shape index (κ1) is 10.5. The summed E-state index contributed by atoms with van der Waals surface area (Å²) in [5.74, 6) is 0.750. The molecule has 0 aliphatic carbocycles. The Morgan fingerprint density at radius 2 is 2.62 bits per heavy atom. The van der Waals surface area contributed by atoms with E-state index in [0.29, 0.717) is 0 Å². The molecule has 0 aliphatic rings. The van der Waals surface area contributed by atoms with Crippen LogP contribution < -0.4 is 5.32 Å². The van der Waals surface area contributed by atoms with Crippen molar-refractivity contribution in [1.29, 1.82) is 5.26 Å². The van der Waals surface area contributed by atoms with Crippen LogP contribution in [0.15, 0.2) is 9.72 Å². The normalized spacial score (nSPS) is 12.4. The van der Waals surface area contributed by atoms with E-state index in [1.54, 1.807) is 30.1 Å². The highest BCUT2D eigenvalue weighted by Gasteiger charge is 2.06. The molecule has 0 amide bonds. The fraction of sp³-hybridized carbons (Fsp3) is 0.500. The molecule has 1 aromatic rings. The molecule has 1 aromatic heterocycles. The van der Waals surface area contributed by atoms with Gasteiger partial charge in [0.25, 0.3) is 0 Å². The number of thioether (sulfide) groups is 1. The molecule has 1 rings (SSSR count). The number of nitrogens with one attached hydrogen (secondary N) is 1. The highest BCUT2D eigenvalue weighted by molar-refractivity contribution is 8.01. The molecular formula is C8H11N3S2. The summed E-state index contributed by atoms with van der Waals surface area (Å²) in [7, 11) is 1.79. The minimum atomic E-state index is -0.0887. The summed E-state index contributed by atoms with van der Waals surface area (Å²) < 4.78 is 1.04. The molecule has 0 fully saturated rings. The Morgan fingerprint density at radius 3 is 3.08 bits per heavy atom. The van der Waals surface area contributed by atoms with E-state index in [2.05, 4.69) is 16.4 Å². The quantitative estimate of drug-likeness (QED) is 0.773. The molecule has 0 saturated carbocycles. The zero-order valence-electron chi connectivity index (χ0n) is 7.57. The first-order valence-corrected chi connectivity index (χ1v) is 5.74. The zero-order chi connectivity index (χ0) is 9.68. The molecule has 0 bridgehead atoms. The molecule has 1 N–H and O–H groups in total. The van der Waals surface area contributed by atoms with Gasteiger partial charge in [-0.05, 0) is 14.0 Å². The van der Waals surface area contributed by atoms with Gasteiger partial charge in [0.05, 0.1) is 6.07 Å². The maximum absolute atomic E-state index is 8.67. The van der Waals surface area contributed by atoms with Crippen molar-refractivity contribution in [2.45, 2.75) is 17.3 Å². The molecule has 1 unspecified atom stereocenters.